The van der Waals surface area contributed by atoms with Crippen molar-refractivity contribution in [1.82, 2.24) is 14.8 Å². The van der Waals surface area contributed by atoms with E-state index in [1.54, 1.807) is 24.3 Å². The summed E-state index contributed by atoms with van der Waals surface area (Å²) in [6, 6.07) is 12.7. The second-order valence-corrected chi connectivity index (χ2v) is 5.40. The zero-order valence-electron chi connectivity index (χ0n) is 12.7. The van der Waals surface area contributed by atoms with Gasteiger partial charge in [0.05, 0.1) is 10.6 Å². The Balaban J connectivity index is 2.09. The Hall–Kier alpha value is -3.46. The van der Waals surface area contributed by atoms with Gasteiger partial charge in [0.2, 0.25) is 0 Å². The predicted molar refractivity (Wildman–Crippen MR) is 93.9 cm³/mol. The maximum Gasteiger partial charge on any atom is 0.269 e. The molecule has 0 aliphatic carbocycles. The number of nitrogens with zero attached hydrogens (tertiary/aromatic N) is 5. The minimum atomic E-state index is -0.485. The highest BCUT2D eigenvalue weighted by Crippen LogP contribution is 2.25. The number of guanidine groups is 1. The molecule has 0 saturated carbocycles. The summed E-state index contributed by atoms with van der Waals surface area (Å²) in [4.78, 5) is 18.6. The molecular weight excluding hydrogens is 346 g/mol. The quantitative estimate of drug-likeness (QED) is 0.318. The first kappa shape index (κ1) is 16.4. The van der Waals surface area contributed by atoms with Crippen LogP contribution in [0.15, 0.2) is 53.5 Å². The molecule has 4 N–H and O–H groups in total. The molecule has 1 heterocycles. The molecule has 0 atom stereocenters. The fourth-order valence-corrected chi connectivity index (χ4v) is 2.23. The van der Waals surface area contributed by atoms with Crippen LogP contribution in [-0.2, 0) is 0 Å². The summed E-state index contributed by atoms with van der Waals surface area (Å²) in [6.45, 7) is 0. The lowest BCUT2D eigenvalue weighted by Crippen LogP contribution is -2.22. The van der Waals surface area contributed by atoms with E-state index < -0.39 is 4.92 Å². The third kappa shape index (κ3) is 3.56. The van der Waals surface area contributed by atoms with Crippen molar-refractivity contribution in [2.24, 2.45) is 16.5 Å². The topological polar surface area (TPSA) is 138 Å². The number of nitro benzene ring substituents is 1. The zero-order valence-corrected chi connectivity index (χ0v) is 13.5. The van der Waals surface area contributed by atoms with Crippen LogP contribution in [0.1, 0.15) is 0 Å². The number of benzene rings is 2. The van der Waals surface area contributed by atoms with Crippen molar-refractivity contribution >= 4 is 29.2 Å². The Labute approximate surface area is 146 Å². The van der Waals surface area contributed by atoms with Crippen LogP contribution in [0, 0.1) is 10.1 Å². The molecule has 0 unspecified atom stereocenters. The van der Waals surface area contributed by atoms with Gasteiger partial charge in [-0.15, -0.1) is 5.10 Å². The van der Waals surface area contributed by atoms with E-state index in [9.17, 15) is 10.1 Å². The summed E-state index contributed by atoms with van der Waals surface area (Å²) in [7, 11) is 0. The summed E-state index contributed by atoms with van der Waals surface area (Å²) in [5.41, 5.74) is 12.1. The number of aromatic nitrogens is 3. The molecule has 0 aliphatic rings. The molecule has 1 aromatic heterocycles. The second kappa shape index (κ2) is 6.57. The van der Waals surface area contributed by atoms with E-state index in [0.717, 1.165) is 5.56 Å². The number of nitrogens with two attached hydrogens (primary N) is 2. The molecule has 0 bridgehead atoms. The van der Waals surface area contributed by atoms with E-state index in [-0.39, 0.29) is 17.6 Å². The standard InChI is InChI=1S/C15H12ClN7O2/c16-10-3-1-9(2-4-10)13-19-15(20-14(17)18)22(21-13)11-5-7-12(8-6-11)23(24)25/h1-8H,(H4,17,18,19,20,21). The third-order valence-electron chi connectivity index (χ3n) is 3.23. The van der Waals surface area contributed by atoms with Gasteiger partial charge in [-0.1, -0.05) is 11.6 Å². The first-order valence-electron chi connectivity index (χ1n) is 7.01. The summed E-state index contributed by atoms with van der Waals surface area (Å²) >= 11 is 5.88. The highest BCUT2D eigenvalue weighted by molar-refractivity contribution is 6.30. The van der Waals surface area contributed by atoms with E-state index in [2.05, 4.69) is 15.1 Å². The van der Waals surface area contributed by atoms with E-state index in [1.165, 1.54) is 28.9 Å². The van der Waals surface area contributed by atoms with Gasteiger partial charge in [0, 0.05) is 22.7 Å². The minimum absolute atomic E-state index is 0.0369. The highest BCUT2D eigenvalue weighted by Gasteiger charge is 2.14. The van der Waals surface area contributed by atoms with Crippen molar-refractivity contribution in [3.63, 3.8) is 0 Å². The lowest BCUT2D eigenvalue weighted by molar-refractivity contribution is -0.384. The van der Waals surface area contributed by atoms with Crippen LogP contribution < -0.4 is 11.5 Å². The molecule has 0 radical (unpaired) electrons. The largest absolute Gasteiger partial charge is 0.370 e. The number of hydrogen-bond acceptors (Lipinski definition) is 5. The van der Waals surface area contributed by atoms with E-state index >= 15 is 0 Å². The SMILES string of the molecule is NC(N)=Nc1nc(-c2ccc(Cl)cc2)nn1-c1ccc([N+](=O)[O-])cc1. The lowest BCUT2D eigenvalue weighted by Gasteiger charge is -2.02. The fourth-order valence-electron chi connectivity index (χ4n) is 2.10. The van der Waals surface area contributed by atoms with Gasteiger partial charge in [0.25, 0.3) is 11.6 Å². The molecule has 0 amide bonds. The zero-order chi connectivity index (χ0) is 18.0. The van der Waals surface area contributed by atoms with Gasteiger partial charge in [0.15, 0.2) is 11.8 Å². The fraction of sp³-hybridized carbons (Fsp3) is 0. The maximum atomic E-state index is 10.8. The van der Waals surface area contributed by atoms with Gasteiger partial charge in [-0.3, -0.25) is 10.1 Å². The second-order valence-electron chi connectivity index (χ2n) is 4.96. The van der Waals surface area contributed by atoms with E-state index in [0.29, 0.717) is 16.5 Å². The van der Waals surface area contributed by atoms with Gasteiger partial charge in [-0.05, 0) is 36.4 Å². The van der Waals surface area contributed by atoms with E-state index in [4.69, 9.17) is 23.1 Å². The highest BCUT2D eigenvalue weighted by atomic mass is 35.5. The summed E-state index contributed by atoms with van der Waals surface area (Å²) < 4.78 is 1.40. The molecule has 0 saturated heterocycles. The summed E-state index contributed by atoms with van der Waals surface area (Å²) in [5.74, 6) is 0.354. The van der Waals surface area contributed by atoms with Crippen LogP contribution in [-0.4, -0.2) is 25.6 Å². The van der Waals surface area contributed by atoms with Crippen LogP contribution >= 0.6 is 11.6 Å². The number of rotatable bonds is 4. The molecule has 0 aliphatic heterocycles. The number of aliphatic imine (C=N–C) groups is 1. The van der Waals surface area contributed by atoms with Crippen LogP contribution in [0.2, 0.25) is 5.02 Å². The smallest absolute Gasteiger partial charge is 0.269 e. The molecule has 0 fully saturated rings. The lowest BCUT2D eigenvalue weighted by atomic mass is 10.2. The van der Waals surface area contributed by atoms with Crippen LogP contribution in [0.5, 0.6) is 0 Å². The van der Waals surface area contributed by atoms with Crippen LogP contribution in [0.25, 0.3) is 17.1 Å². The van der Waals surface area contributed by atoms with E-state index in [1.807, 2.05) is 0 Å². The molecule has 10 heteroatoms. The third-order valence-corrected chi connectivity index (χ3v) is 3.48. The first-order chi connectivity index (χ1) is 11.9. The molecule has 9 nitrogen and oxygen atoms in total. The van der Waals surface area contributed by atoms with Crippen molar-refractivity contribution in [2.45, 2.75) is 0 Å². The average molecular weight is 358 g/mol. The number of halogens is 1. The van der Waals surface area contributed by atoms with Gasteiger partial charge in [0.1, 0.15) is 0 Å². The van der Waals surface area contributed by atoms with Crippen molar-refractivity contribution in [3.05, 3.63) is 63.7 Å². The maximum absolute atomic E-state index is 10.8. The van der Waals surface area contributed by atoms with Gasteiger partial charge < -0.3 is 11.5 Å². The molecule has 0 spiro atoms. The normalized spacial score (nSPS) is 10.4. The number of hydrogen-bond donors (Lipinski definition) is 2. The monoisotopic (exact) mass is 357 g/mol. The first-order valence-corrected chi connectivity index (χ1v) is 7.39. The Bertz CT molecular complexity index is 945. The van der Waals surface area contributed by atoms with Crippen molar-refractivity contribution in [3.8, 4) is 17.1 Å². The van der Waals surface area contributed by atoms with Crippen molar-refractivity contribution in [1.29, 1.82) is 0 Å². The molecule has 3 rings (SSSR count). The van der Waals surface area contributed by atoms with Crippen molar-refractivity contribution in [2.75, 3.05) is 0 Å². The Morgan fingerprint density at radius 2 is 1.76 bits per heavy atom. The van der Waals surface area contributed by atoms with Crippen LogP contribution in [0.4, 0.5) is 11.6 Å². The Morgan fingerprint density at radius 3 is 2.32 bits per heavy atom. The molecule has 3 aromatic rings. The molecule has 25 heavy (non-hydrogen) atoms. The Morgan fingerprint density at radius 1 is 1.12 bits per heavy atom. The Kier molecular flexibility index (Phi) is 4.31. The van der Waals surface area contributed by atoms with Gasteiger partial charge in [-0.25, -0.2) is 0 Å². The summed E-state index contributed by atoms with van der Waals surface area (Å²) in [5, 5.41) is 15.8. The molecular formula is C15H12ClN7O2. The molecule has 2 aromatic carbocycles. The number of nitro groups is 1. The minimum Gasteiger partial charge on any atom is -0.370 e. The van der Waals surface area contributed by atoms with Gasteiger partial charge >= 0.3 is 0 Å². The average Bonchev–Trinajstić information content (AvgIpc) is 2.98. The summed E-state index contributed by atoms with van der Waals surface area (Å²) in [6.07, 6.45) is 0. The van der Waals surface area contributed by atoms with Gasteiger partial charge in [-0.2, -0.15) is 14.7 Å². The molecule has 126 valence electrons. The van der Waals surface area contributed by atoms with Crippen LogP contribution in [0.3, 0.4) is 0 Å². The predicted octanol–water partition coefficient (Wildman–Crippen LogP) is 2.40. The number of non-ortho nitro benzene ring substituents is 1. The van der Waals surface area contributed by atoms with Crippen molar-refractivity contribution < 1.29 is 4.92 Å².